The third kappa shape index (κ3) is 4.01. The summed E-state index contributed by atoms with van der Waals surface area (Å²) in [6, 6.07) is 5.51. The Morgan fingerprint density at radius 3 is 2.25 bits per heavy atom. The van der Waals surface area contributed by atoms with Gasteiger partial charge in [0.15, 0.2) is 0 Å². The molecule has 0 saturated carbocycles. The maximum absolute atomic E-state index is 11.8. The van der Waals surface area contributed by atoms with Crippen LogP contribution in [0.25, 0.3) is 0 Å². The van der Waals surface area contributed by atoms with Crippen molar-refractivity contribution in [3.8, 4) is 0 Å². The van der Waals surface area contributed by atoms with Crippen LogP contribution in [0, 0.1) is 6.92 Å². The second-order valence-electron chi connectivity index (χ2n) is 3.14. The standard InChI is InChI=1S/C11H16N2O.C2H6/c1-4-13(5-2)11(14)10-8-6-7-9(3)12-10;1-2/h6-8H,4-5H2,1-3H3;1-2H3. The first kappa shape index (κ1) is 14.6. The van der Waals surface area contributed by atoms with Crippen molar-refractivity contribution in [2.45, 2.75) is 34.6 Å². The number of hydrogen-bond acceptors (Lipinski definition) is 2. The number of carbonyl (C=O) groups excluding carboxylic acids is 1. The Balaban J connectivity index is 0.00000106. The van der Waals surface area contributed by atoms with Crippen molar-refractivity contribution in [3.63, 3.8) is 0 Å². The Morgan fingerprint density at radius 1 is 1.25 bits per heavy atom. The first-order chi connectivity index (χ1) is 7.69. The van der Waals surface area contributed by atoms with E-state index in [1.165, 1.54) is 0 Å². The smallest absolute Gasteiger partial charge is 0.272 e. The van der Waals surface area contributed by atoms with Crippen molar-refractivity contribution in [3.05, 3.63) is 29.6 Å². The fraction of sp³-hybridized carbons (Fsp3) is 0.538. The molecule has 0 bridgehead atoms. The van der Waals surface area contributed by atoms with Gasteiger partial charge >= 0.3 is 0 Å². The van der Waals surface area contributed by atoms with E-state index in [1.807, 2.05) is 46.8 Å². The fourth-order valence-corrected chi connectivity index (χ4v) is 1.33. The summed E-state index contributed by atoms with van der Waals surface area (Å²) in [7, 11) is 0. The summed E-state index contributed by atoms with van der Waals surface area (Å²) in [4.78, 5) is 17.8. The number of pyridine rings is 1. The molecule has 1 heterocycles. The molecule has 0 aliphatic carbocycles. The van der Waals surface area contributed by atoms with Gasteiger partial charge in [-0.2, -0.15) is 0 Å². The van der Waals surface area contributed by atoms with Gasteiger partial charge in [-0.25, -0.2) is 4.98 Å². The maximum atomic E-state index is 11.8. The molecule has 1 amide bonds. The molecule has 0 N–H and O–H groups in total. The fourth-order valence-electron chi connectivity index (χ4n) is 1.33. The van der Waals surface area contributed by atoms with E-state index in [-0.39, 0.29) is 5.91 Å². The molecule has 0 radical (unpaired) electrons. The van der Waals surface area contributed by atoms with Crippen LogP contribution in [0.5, 0.6) is 0 Å². The summed E-state index contributed by atoms with van der Waals surface area (Å²) in [5.74, 6) is 0.0127. The summed E-state index contributed by atoms with van der Waals surface area (Å²) in [5.41, 5.74) is 1.41. The SMILES string of the molecule is CC.CCN(CC)C(=O)c1cccc(C)n1. The summed E-state index contributed by atoms with van der Waals surface area (Å²) < 4.78 is 0. The molecule has 0 spiro atoms. The van der Waals surface area contributed by atoms with Crippen LogP contribution in [0.3, 0.4) is 0 Å². The molecular formula is C13H22N2O. The van der Waals surface area contributed by atoms with Crippen molar-refractivity contribution >= 4 is 5.91 Å². The lowest BCUT2D eigenvalue weighted by Crippen LogP contribution is -2.31. The highest BCUT2D eigenvalue weighted by atomic mass is 16.2. The lowest BCUT2D eigenvalue weighted by atomic mass is 10.3. The lowest BCUT2D eigenvalue weighted by molar-refractivity contribution is 0.0767. The summed E-state index contributed by atoms with van der Waals surface area (Å²) >= 11 is 0. The van der Waals surface area contributed by atoms with Crippen LogP contribution in [-0.4, -0.2) is 28.9 Å². The van der Waals surface area contributed by atoms with Crippen LogP contribution in [0.4, 0.5) is 0 Å². The maximum Gasteiger partial charge on any atom is 0.272 e. The molecule has 1 aromatic heterocycles. The number of rotatable bonds is 3. The lowest BCUT2D eigenvalue weighted by Gasteiger charge is -2.17. The van der Waals surface area contributed by atoms with E-state index >= 15 is 0 Å². The van der Waals surface area contributed by atoms with E-state index < -0.39 is 0 Å². The van der Waals surface area contributed by atoms with Crippen molar-refractivity contribution < 1.29 is 4.79 Å². The Morgan fingerprint density at radius 2 is 1.81 bits per heavy atom. The van der Waals surface area contributed by atoms with Crippen LogP contribution in [0.2, 0.25) is 0 Å². The molecule has 3 heteroatoms. The van der Waals surface area contributed by atoms with Gasteiger partial charge in [-0.05, 0) is 32.9 Å². The number of aromatic nitrogens is 1. The zero-order chi connectivity index (χ0) is 12.6. The number of hydrogen-bond donors (Lipinski definition) is 0. The van der Waals surface area contributed by atoms with Gasteiger partial charge in [0.1, 0.15) is 5.69 Å². The quantitative estimate of drug-likeness (QED) is 0.788. The zero-order valence-corrected chi connectivity index (χ0v) is 10.9. The van der Waals surface area contributed by atoms with Gasteiger partial charge in [0.2, 0.25) is 0 Å². The molecule has 0 aliphatic rings. The topological polar surface area (TPSA) is 33.2 Å². The minimum absolute atomic E-state index is 0.0127. The molecule has 0 atom stereocenters. The number of nitrogens with zero attached hydrogens (tertiary/aromatic N) is 2. The Bertz CT molecular complexity index is 319. The van der Waals surface area contributed by atoms with Crippen LogP contribution >= 0.6 is 0 Å². The predicted molar refractivity (Wildman–Crippen MR) is 67.6 cm³/mol. The summed E-state index contributed by atoms with van der Waals surface area (Å²) in [6.07, 6.45) is 0. The molecule has 0 aliphatic heterocycles. The van der Waals surface area contributed by atoms with Gasteiger partial charge < -0.3 is 4.90 Å². The van der Waals surface area contributed by atoms with Gasteiger partial charge in [-0.3, -0.25) is 4.79 Å². The molecule has 0 saturated heterocycles. The second-order valence-corrected chi connectivity index (χ2v) is 3.14. The van der Waals surface area contributed by atoms with Crippen LogP contribution < -0.4 is 0 Å². The third-order valence-electron chi connectivity index (χ3n) is 2.16. The van der Waals surface area contributed by atoms with E-state index in [2.05, 4.69) is 4.98 Å². The largest absolute Gasteiger partial charge is 0.338 e. The molecular weight excluding hydrogens is 200 g/mol. The molecule has 16 heavy (non-hydrogen) atoms. The van der Waals surface area contributed by atoms with E-state index in [9.17, 15) is 4.79 Å². The summed E-state index contributed by atoms with van der Waals surface area (Å²) in [6.45, 7) is 11.3. The average molecular weight is 222 g/mol. The van der Waals surface area contributed by atoms with Crippen molar-refractivity contribution in [2.75, 3.05) is 13.1 Å². The number of aryl methyl sites for hydroxylation is 1. The van der Waals surface area contributed by atoms with E-state index in [0.29, 0.717) is 5.69 Å². The first-order valence-electron chi connectivity index (χ1n) is 5.92. The Kier molecular flexibility index (Phi) is 7.18. The Hall–Kier alpha value is -1.38. The van der Waals surface area contributed by atoms with Gasteiger partial charge in [0, 0.05) is 18.8 Å². The van der Waals surface area contributed by atoms with Crippen LogP contribution in [-0.2, 0) is 0 Å². The van der Waals surface area contributed by atoms with E-state index in [0.717, 1.165) is 18.8 Å². The van der Waals surface area contributed by atoms with Crippen LogP contribution in [0.15, 0.2) is 18.2 Å². The van der Waals surface area contributed by atoms with Crippen molar-refractivity contribution in [2.24, 2.45) is 0 Å². The van der Waals surface area contributed by atoms with Crippen molar-refractivity contribution in [1.29, 1.82) is 0 Å². The predicted octanol–water partition coefficient (Wildman–Crippen LogP) is 2.90. The highest BCUT2D eigenvalue weighted by Gasteiger charge is 2.12. The van der Waals surface area contributed by atoms with Gasteiger partial charge in [0.05, 0.1) is 0 Å². The van der Waals surface area contributed by atoms with E-state index in [1.54, 1.807) is 11.0 Å². The zero-order valence-electron chi connectivity index (χ0n) is 10.9. The molecule has 90 valence electrons. The normalized spacial score (nSPS) is 9.06. The molecule has 0 fully saturated rings. The minimum atomic E-state index is 0.0127. The highest BCUT2D eigenvalue weighted by Crippen LogP contribution is 2.02. The second kappa shape index (κ2) is 7.85. The molecule has 0 aromatic carbocycles. The minimum Gasteiger partial charge on any atom is -0.338 e. The van der Waals surface area contributed by atoms with Gasteiger partial charge in [-0.1, -0.05) is 19.9 Å². The Labute approximate surface area is 98.5 Å². The number of amides is 1. The highest BCUT2D eigenvalue weighted by molar-refractivity contribution is 5.92. The van der Waals surface area contributed by atoms with E-state index in [4.69, 9.17) is 0 Å². The van der Waals surface area contributed by atoms with Crippen LogP contribution in [0.1, 0.15) is 43.9 Å². The number of carbonyl (C=O) groups is 1. The van der Waals surface area contributed by atoms with Crippen molar-refractivity contribution in [1.82, 2.24) is 9.88 Å². The van der Waals surface area contributed by atoms with Gasteiger partial charge in [-0.15, -0.1) is 0 Å². The van der Waals surface area contributed by atoms with Gasteiger partial charge in [0.25, 0.3) is 5.91 Å². The third-order valence-corrected chi connectivity index (χ3v) is 2.16. The summed E-state index contributed by atoms with van der Waals surface area (Å²) in [5, 5.41) is 0. The molecule has 1 rings (SSSR count). The molecule has 1 aromatic rings. The molecule has 3 nitrogen and oxygen atoms in total. The molecule has 0 unspecified atom stereocenters. The first-order valence-corrected chi connectivity index (χ1v) is 5.92. The average Bonchev–Trinajstić information content (AvgIpc) is 2.33. The monoisotopic (exact) mass is 222 g/mol.